The highest BCUT2D eigenvalue weighted by molar-refractivity contribution is 5.80. The molecule has 1 aromatic heterocycles. The molecule has 0 aromatic carbocycles. The molecule has 0 saturated heterocycles. The lowest BCUT2D eigenvalue weighted by Gasteiger charge is -2.27. The highest BCUT2D eigenvalue weighted by atomic mass is 19.3. The normalized spacial score (nSPS) is 15.8. The van der Waals surface area contributed by atoms with E-state index >= 15 is 0 Å². The number of aromatic nitrogens is 1. The first-order valence-electron chi connectivity index (χ1n) is 6.42. The highest BCUT2D eigenvalue weighted by Gasteiger charge is 2.34. The molecule has 0 unspecified atom stereocenters. The lowest BCUT2D eigenvalue weighted by molar-refractivity contribution is -0.00437. The first-order valence-corrected chi connectivity index (χ1v) is 6.42. The van der Waals surface area contributed by atoms with Gasteiger partial charge in [-0.2, -0.15) is 8.78 Å². The number of hydrogen-bond acceptors (Lipinski definition) is 5. The predicted octanol–water partition coefficient (Wildman–Crippen LogP) is 1.46. The van der Waals surface area contributed by atoms with E-state index in [0.29, 0.717) is 12.5 Å². The lowest BCUT2D eigenvalue weighted by Crippen LogP contribution is -2.45. The van der Waals surface area contributed by atoms with Gasteiger partial charge in [0, 0.05) is 26.2 Å². The van der Waals surface area contributed by atoms with Crippen LogP contribution < -0.4 is 10.1 Å². The van der Waals surface area contributed by atoms with Crippen molar-refractivity contribution in [3.8, 4) is 5.88 Å². The van der Waals surface area contributed by atoms with E-state index in [0.717, 1.165) is 13.0 Å². The maximum absolute atomic E-state index is 14.1. The number of aliphatic imine (C=N–C) groups is 1. The summed E-state index contributed by atoms with van der Waals surface area (Å²) in [6.45, 7) is 0.931. The molecular formula is C13H18F2N4O. The van der Waals surface area contributed by atoms with Crippen molar-refractivity contribution in [1.29, 1.82) is 0 Å². The second-order valence-electron chi connectivity index (χ2n) is 4.60. The minimum Gasteiger partial charge on any atom is -0.481 e. The zero-order chi connectivity index (χ0) is 14.6. The molecule has 0 radical (unpaired) electrons. The molecule has 20 heavy (non-hydrogen) atoms. The van der Waals surface area contributed by atoms with Gasteiger partial charge >= 0.3 is 5.92 Å². The van der Waals surface area contributed by atoms with Crippen LogP contribution in [0.25, 0.3) is 0 Å². The third kappa shape index (κ3) is 3.34. The van der Waals surface area contributed by atoms with E-state index < -0.39 is 12.5 Å². The molecule has 2 rings (SSSR count). The van der Waals surface area contributed by atoms with E-state index in [9.17, 15) is 8.78 Å². The number of halogens is 2. The lowest BCUT2D eigenvalue weighted by atomic mass is 10.2. The maximum Gasteiger partial charge on any atom is 0.306 e. The summed E-state index contributed by atoms with van der Waals surface area (Å²) in [7, 11) is 3.22. The number of guanidine groups is 1. The van der Waals surface area contributed by atoms with Gasteiger partial charge < -0.3 is 15.0 Å². The molecule has 1 N–H and O–H groups in total. The average Bonchev–Trinajstić information content (AvgIpc) is 2.46. The third-order valence-corrected chi connectivity index (χ3v) is 3.05. The number of methoxy groups -OCH3 is 1. The quantitative estimate of drug-likeness (QED) is 0.909. The zero-order valence-corrected chi connectivity index (χ0v) is 11.6. The molecule has 1 aliphatic rings. The first kappa shape index (κ1) is 14.5. The summed E-state index contributed by atoms with van der Waals surface area (Å²) in [6.07, 6.45) is 0.940. The summed E-state index contributed by atoms with van der Waals surface area (Å²) in [5, 5.41) is 2.69. The topological polar surface area (TPSA) is 49.8 Å². The molecule has 0 aliphatic carbocycles. The second kappa shape index (κ2) is 6.02. The Balaban J connectivity index is 2.04. The van der Waals surface area contributed by atoms with E-state index in [4.69, 9.17) is 4.74 Å². The number of pyridine rings is 1. The van der Waals surface area contributed by atoms with Crippen molar-refractivity contribution in [1.82, 2.24) is 15.2 Å². The number of nitrogens with zero attached hydrogens (tertiary/aromatic N) is 3. The molecule has 0 spiro atoms. The van der Waals surface area contributed by atoms with Crippen LogP contribution in [-0.2, 0) is 5.92 Å². The van der Waals surface area contributed by atoms with Crippen molar-refractivity contribution in [2.75, 3.05) is 33.8 Å². The Morgan fingerprint density at radius 2 is 2.25 bits per heavy atom. The Bertz CT molecular complexity index is 493. The Kier molecular flexibility index (Phi) is 4.36. The fraction of sp³-hybridized carbons (Fsp3) is 0.538. The van der Waals surface area contributed by atoms with E-state index in [-0.39, 0.29) is 11.6 Å². The number of rotatable bonds is 4. The Morgan fingerprint density at radius 3 is 2.95 bits per heavy atom. The summed E-state index contributed by atoms with van der Waals surface area (Å²) >= 11 is 0. The molecule has 0 fully saturated rings. The van der Waals surface area contributed by atoms with Crippen LogP contribution in [0.1, 0.15) is 12.1 Å². The van der Waals surface area contributed by atoms with Crippen molar-refractivity contribution in [3.05, 3.63) is 23.9 Å². The van der Waals surface area contributed by atoms with Crippen LogP contribution in [0, 0.1) is 0 Å². The second-order valence-corrected chi connectivity index (χ2v) is 4.60. The summed E-state index contributed by atoms with van der Waals surface area (Å²) < 4.78 is 33.1. The molecule has 0 bridgehead atoms. The minimum atomic E-state index is -3.09. The monoisotopic (exact) mass is 284 g/mol. The molecule has 5 nitrogen and oxygen atoms in total. The van der Waals surface area contributed by atoms with Gasteiger partial charge in [0.15, 0.2) is 5.96 Å². The molecule has 7 heteroatoms. The molecule has 110 valence electrons. The number of nitrogens with one attached hydrogen (secondary N) is 1. The molecule has 0 amide bonds. The number of alkyl halides is 2. The van der Waals surface area contributed by atoms with E-state index in [1.165, 1.54) is 25.3 Å². The van der Waals surface area contributed by atoms with Gasteiger partial charge in [0.05, 0.1) is 13.7 Å². The smallest absolute Gasteiger partial charge is 0.306 e. The van der Waals surface area contributed by atoms with Crippen molar-refractivity contribution in [3.63, 3.8) is 0 Å². The van der Waals surface area contributed by atoms with Crippen molar-refractivity contribution < 1.29 is 13.5 Å². The average molecular weight is 284 g/mol. The van der Waals surface area contributed by atoms with Crippen molar-refractivity contribution >= 4 is 5.96 Å². The number of hydrogen-bond donors (Lipinski definition) is 1. The van der Waals surface area contributed by atoms with Gasteiger partial charge in [0.2, 0.25) is 5.88 Å². The molecular weight excluding hydrogens is 266 g/mol. The minimum absolute atomic E-state index is 0.175. The molecule has 2 heterocycles. The Hall–Kier alpha value is -1.92. The molecule has 0 saturated carbocycles. The van der Waals surface area contributed by atoms with Gasteiger partial charge in [-0.1, -0.05) is 6.07 Å². The first-order chi connectivity index (χ1) is 9.53. The van der Waals surface area contributed by atoms with Crippen LogP contribution in [-0.4, -0.2) is 49.6 Å². The number of ether oxygens (including phenoxy) is 1. The largest absolute Gasteiger partial charge is 0.481 e. The van der Waals surface area contributed by atoms with Gasteiger partial charge in [-0.15, -0.1) is 0 Å². The molecule has 1 aromatic rings. The standard InChI is InChI=1S/C13H18F2N4O/c1-19-8-4-7-16-12(19)17-9-13(14,15)10-5-3-6-11(18-10)20-2/h3,5-6H,4,7-9H2,1-2H3,(H,16,17). The summed E-state index contributed by atoms with van der Waals surface area (Å²) in [4.78, 5) is 9.81. The van der Waals surface area contributed by atoms with Crippen LogP contribution in [0.15, 0.2) is 23.2 Å². The van der Waals surface area contributed by atoms with Crippen LogP contribution in [0.5, 0.6) is 5.88 Å². The van der Waals surface area contributed by atoms with E-state index in [1.54, 1.807) is 0 Å². The van der Waals surface area contributed by atoms with Gasteiger partial charge in [-0.25, -0.2) is 4.98 Å². The molecule has 0 atom stereocenters. The van der Waals surface area contributed by atoms with Crippen LogP contribution >= 0.6 is 0 Å². The van der Waals surface area contributed by atoms with Crippen LogP contribution in [0.4, 0.5) is 8.78 Å². The fourth-order valence-corrected chi connectivity index (χ4v) is 1.92. The molecule has 1 aliphatic heterocycles. The fourth-order valence-electron chi connectivity index (χ4n) is 1.92. The summed E-state index contributed by atoms with van der Waals surface area (Å²) in [5.41, 5.74) is -0.316. The Morgan fingerprint density at radius 1 is 1.45 bits per heavy atom. The van der Waals surface area contributed by atoms with Gasteiger partial charge in [0.25, 0.3) is 0 Å². The van der Waals surface area contributed by atoms with Crippen molar-refractivity contribution in [2.45, 2.75) is 12.3 Å². The maximum atomic E-state index is 14.1. The van der Waals surface area contributed by atoms with E-state index in [2.05, 4.69) is 15.3 Å². The summed E-state index contributed by atoms with van der Waals surface area (Å²) in [6, 6.07) is 4.32. The van der Waals surface area contributed by atoms with Gasteiger partial charge in [-0.3, -0.25) is 4.99 Å². The highest BCUT2D eigenvalue weighted by Crippen LogP contribution is 2.26. The summed E-state index contributed by atoms with van der Waals surface area (Å²) in [5.74, 6) is -2.41. The van der Waals surface area contributed by atoms with Crippen LogP contribution in [0.3, 0.4) is 0 Å². The SMILES string of the molecule is COc1cccc(C(F)(F)CNC2=NCCCN2C)n1. The Labute approximate surface area is 116 Å². The van der Waals surface area contributed by atoms with E-state index in [1.807, 2.05) is 11.9 Å². The third-order valence-electron chi connectivity index (χ3n) is 3.05. The predicted molar refractivity (Wildman–Crippen MR) is 72.2 cm³/mol. The van der Waals surface area contributed by atoms with Gasteiger partial charge in [-0.05, 0) is 12.5 Å². The zero-order valence-electron chi connectivity index (χ0n) is 11.6. The van der Waals surface area contributed by atoms with Gasteiger partial charge in [0.1, 0.15) is 5.69 Å². The van der Waals surface area contributed by atoms with Crippen LogP contribution in [0.2, 0.25) is 0 Å². The van der Waals surface area contributed by atoms with Crippen molar-refractivity contribution in [2.24, 2.45) is 4.99 Å².